The van der Waals surface area contributed by atoms with Crippen LogP contribution in [0.4, 0.5) is 0 Å². The van der Waals surface area contributed by atoms with Gasteiger partial charge in [0.15, 0.2) is 0 Å². The van der Waals surface area contributed by atoms with Crippen molar-refractivity contribution in [1.82, 2.24) is 0 Å². The number of benzene rings is 1. The lowest BCUT2D eigenvalue weighted by Crippen LogP contribution is -2.22. The fraction of sp³-hybridized carbons (Fsp3) is 0.600. The highest BCUT2D eigenvalue weighted by Crippen LogP contribution is 2.53. The van der Waals surface area contributed by atoms with Gasteiger partial charge in [0.25, 0.3) is 0 Å². The van der Waals surface area contributed by atoms with Gasteiger partial charge in [-0.2, -0.15) is 0 Å². The molecular weight excluding hydrogens is 232 g/mol. The Hall–Kier alpha value is -0.530. The van der Waals surface area contributed by atoms with Crippen LogP contribution in [0.5, 0.6) is 0 Å². The summed E-state index contributed by atoms with van der Waals surface area (Å²) in [5.41, 5.74) is 1.26. The molecule has 0 heterocycles. The maximum absolute atomic E-state index is 9.70. The number of aliphatic hydroxyl groups excluding tert-OH is 1. The smallest absolute Gasteiger partial charge is 0.0502 e. The molecule has 4 atom stereocenters. The average Bonchev–Trinajstić information content (AvgIpc) is 2.95. The first-order valence-corrected chi connectivity index (χ1v) is 7.02. The third-order valence-electron chi connectivity index (χ3n) is 4.80. The highest BCUT2D eigenvalue weighted by atomic mass is 35.5. The van der Waals surface area contributed by atoms with Gasteiger partial charge in [-0.1, -0.05) is 30.2 Å². The van der Waals surface area contributed by atoms with Gasteiger partial charge in [-0.3, -0.25) is 0 Å². The third kappa shape index (κ3) is 2.11. The molecule has 92 valence electrons. The number of aliphatic hydroxyl groups is 1. The molecule has 2 heteroatoms. The maximum Gasteiger partial charge on any atom is 0.0502 e. The van der Waals surface area contributed by atoms with Crippen LogP contribution in [0.2, 0.25) is 5.02 Å². The normalized spacial score (nSPS) is 32.9. The van der Waals surface area contributed by atoms with Crippen molar-refractivity contribution in [2.45, 2.75) is 31.6 Å². The standard InChI is InChI=1S/C15H19ClO/c16-13-5-3-11(4-6-13)15(9-17)14-8-10-1-2-12(14)7-10/h3-6,10,12,14-15,17H,1-2,7-9H2. The van der Waals surface area contributed by atoms with E-state index >= 15 is 0 Å². The lowest BCUT2D eigenvalue weighted by molar-refractivity contribution is 0.185. The molecule has 0 saturated heterocycles. The van der Waals surface area contributed by atoms with Gasteiger partial charge in [0, 0.05) is 10.9 Å². The summed E-state index contributed by atoms with van der Waals surface area (Å²) < 4.78 is 0. The molecule has 1 nitrogen and oxygen atoms in total. The second-order valence-corrected chi connectivity index (χ2v) is 6.12. The summed E-state index contributed by atoms with van der Waals surface area (Å²) in [6, 6.07) is 8.03. The van der Waals surface area contributed by atoms with E-state index in [1.807, 2.05) is 12.1 Å². The molecule has 0 aromatic heterocycles. The molecule has 0 amide bonds. The molecule has 2 bridgehead atoms. The zero-order chi connectivity index (χ0) is 11.8. The number of hydrogen-bond acceptors (Lipinski definition) is 1. The summed E-state index contributed by atoms with van der Waals surface area (Å²) in [6.07, 6.45) is 5.51. The molecule has 1 aromatic carbocycles. The summed E-state index contributed by atoms with van der Waals surface area (Å²) in [7, 11) is 0. The van der Waals surface area contributed by atoms with Gasteiger partial charge >= 0.3 is 0 Å². The van der Waals surface area contributed by atoms with Crippen LogP contribution < -0.4 is 0 Å². The van der Waals surface area contributed by atoms with Crippen LogP contribution in [-0.2, 0) is 0 Å². The average molecular weight is 251 g/mol. The summed E-state index contributed by atoms with van der Waals surface area (Å²) in [5.74, 6) is 2.81. The van der Waals surface area contributed by atoms with E-state index in [1.54, 1.807) is 0 Å². The van der Waals surface area contributed by atoms with Crippen molar-refractivity contribution in [3.63, 3.8) is 0 Å². The van der Waals surface area contributed by atoms with Gasteiger partial charge in [-0.15, -0.1) is 0 Å². The third-order valence-corrected chi connectivity index (χ3v) is 5.06. The zero-order valence-electron chi connectivity index (χ0n) is 9.98. The van der Waals surface area contributed by atoms with Crippen molar-refractivity contribution >= 4 is 11.6 Å². The summed E-state index contributed by atoms with van der Waals surface area (Å²) >= 11 is 5.92. The van der Waals surface area contributed by atoms with Gasteiger partial charge in [0.2, 0.25) is 0 Å². The zero-order valence-corrected chi connectivity index (χ0v) is 10.7. The maximum atomic E-state index is 9.70. The molecule has 0 aliphatic heterocycles. The number of hydrogen-bond donors (Lipinski definition) is 1. The van der Waals surface area contributed by atoms with Crippen molar-refractivity contribution in [2.24, 2.45) is 17.8 Å². The van der Waals surface area contributed by atoms with Crippen molar-refractivity contribution in [3.05, 3.63) is 34.9 Å². The van der Waals surface area contributed by atoms with Crippen LogP contribution in [0.1, 0.15) is 37.2 Å². The molecule has 2 fully saturated rings. The van der Waals surface area contributed by atoms with Crippen molar-refractivity contribution in [2.75, 3.05) is 6.61 Å². The Labute approximate surface area is 108 Å². The summed E-state index contributed by atoms with van der Waals surface area (Å²) in [5, 5.41) is 10.5. The van der Waals surface area contributed by atoms with Crippen LogP contribution in [0.25, 0.3) is 0 Å². The minimum Gasteiger partial charge on any atom is -0.396 e. The number of halogens is 1. The monoisotopic (exact) mass is 250 g/mol. The van der Waals surface area contributed by atoms with Gasteiger partial charge in [-0.25, -0.2) is 0 Å². The van der Waals surface area contributed by atoms with Crippen LogP contribution in [0.15, 0.2) is 24.3 Å². The first-order chi connectivity index (χ1) is 8.28. The summed E-state index contributed by atoms with van der Waals surface area (Å²) in [4.78, 5) is 0. The Bertz CT molecular complexity index is 386. The Morgan fingerprint density at radius 2 is 1.94 bits per heavy atom. The lowest BCUT2D eigenvalue weighted by Gasteiger charge is -2.29. The minimum atomic E-state index is 0.273. The molecule has 1 N–H and O–H groups in total. The first kappa shape index (κ1) is 11.6. The molecule has 17 heavy (non-hydrogen) atoms. The van der Waals surface area contributed by atoms with Gasteiger partial charge in [0.05, 0.1) is 6.61 Å². The Morgan fingerprint density at radius 3 is 2.47 bits per heavy atom. The van der Waals surface area contributed by atoms with Crippen LogP contribution in [0, 0.1) is 17.8 Å². The lowest BCUT2D eigenvalue weighted by atomic mass is 9.76. The Kier molecular flexibility index (Phi) is 3.14. The van der Waals surface area contributed by atoms with E-state index in [0.29, 0.717) is 11.8 Å². The quantitative estimate of drug-likeness (QED) is 0.864. The van der Waals surface area contributed by atoms with Gasteiger partial charge in [0.1, 0.15) is 0 Å². The molecule has 2 aliphatic rings. The number of fused-ring (bicyclic) bond motifs is 2. The van der Waals surface area contributed by atoms with E-state index in [2.05, 4.69) is 12.1 Å². The van der Waals surface area contributed by atoms with Gasteiger partial charge in [-0.05, 0) is 54.7 Å². The van der Waals surface area contributed by atoms with E-state index in [4.69, 9.17) is 11.6 Å². The topological polar surface area (TPSA) is 20.2 Å². The predicted octanol–water partition coefficient (Wildman–Crippen LogP) is 3.85. The highest BCUT2D eigenvalue weighted by Gasteiger charge is 2.43. The van der Waals surface area contributed by atoms with E-state index in [1.165, 1.54) is 31.2 Å². The summed E-state index contributed by atoms with van der Waals surface area (Å²) in [6.45, 7) is 0.273. The Balaban J connectivity index is 1.81. The fourth-order valence-corrected chi connectivity index (χ4v) is 4.11. The van der Waals surface area contributed by atoms with Crippen molar-refractivity contribution < 1.29 is 5.11 Å². The minimum absolute atomic E-state index is 0.273. The second kappa shape index (κ2) is 4.62. The highest BCUT2D eigenvalue weighted by molar-refractivity contribution is 6.30. The van der Waals surface area contributed by atoms with Gasteiger partial charge < -0.3 is 5.11 Å². The molecule has 2 saturated carbocycles. The number of rotatable bonds is 3. The largest absolute Gasteiger partial charge is 0.396 e. The molecule has 3 rings (SSSR count). The van der Waals surface area contributed by atoms with E-state index in [0.717, 1.165) is 16.9 Å². The SMILES string of the molecule is OCC(c1ccc(Cl)cc1)C1CC2CCC1C2. The molecule has 4 unspecified atom stereocenters. The van der Waals surface area contributed by atoms with Crippen molar-refractivity contribution in [3.8, 4) is 0 Å². The fourth-order valence-electron chi connectivity index (χ4n) is 3.98. The van der Waals surface area contributed by atoms with E-state index < -0.39 is 0 Å². The van der Waals surface area contributed by atoms with Crippen LogP contribution in [-0.4, -0.2) is 11.7 Å². The van der Waals surface area contributed by atoms with Crippen LogP contribution in [0.3, 0.4) is 0 Å². The van der Waals surface area contributed by atoms with E-state index in [-0.39, 0.29) is 6.61 Å². The first-order valence-electron chi connectivity index (χ1n) is 6.64. The predicted molar refractivity (Wildman–Crippen MR) is 70.2 cm³/mol. The van der Waals surface area contributed by atoms with E-state index in [9.17, 15) is 5.11 Å². The van der Waals surface area contributed by atoms with Crippen LogP contribution >= 0.6 is 11.6 Å². The molecule has 2 aliphatic carbocycles. The molecular formula is C15H19ClO. The Morgan fingerprint density at radius 1 is 1.18 bits per heavy atom. The molecule has 1 aromatic rings. The second-order valence-electron chi connectivity index (χ2n) is 5.68. The van der Waals surface area contributed by atoms with Crippen molar-refractivity contribution in [1.29, 1.82) is 0 Å². The molecule has 0 spiro atoms. The molecule has 0 radical (unpaired) electrons.